The van der Waals surface area contributed by atoms with E-state index in [2.05, 4.69) is 17.4 Å². The van der Waals surface area contributed by atoms with E-state index in [1.54, 1.807) is 13.0 Å². The van der Waals surface area contributed by atoms with Crippen molar-refractivity contribution >= 4 is 29.0 Å². The first-order valence-corrected chi connectivity index (χ1v) is 8.98. The van der Waals surface area contributed by atoms with Gasteiger partial charge in [0.1, 0.15) is 11.4 Å². The van der Waals surface area contributed by atoms with Gasteiger partial charge in [0.2, 0.25) is 5.91 Å². The van der Waals surface area contributed by atoms with Crippen LogP contribution in [-0.2, 0) is 4.79 Å². The molecule has 2 aromatic rings. The average molecular weight is 374 g/mol. The molecule has 2 aromatic carbocycles. The second-order valence-corrected chi connectivity index (χ2v) is 7.47. The number of nitro benzene ring substituents is 1. The van der Waals surface area contributed by atoms with Gasteiger partial charge in [0.05, 0.1) is 23.3 Å². The third-order valence-corrected chi connectivity index (χ3v) is 5.38. The largest absolute Gasteiger partial charge is 0.496 e. The lowest BCUT2D eigenvalue weighted by Crippen LogP contribution is -2.23. The zero-order chi connectivity index (χ0) is 19.4. The van der Waals surface area contributed by atoms with Gasteiger partial charge < -0.3 is 10.1 Å². The lowest BCUT2D eigenvalue weighted by atomic mass is 10.1. The third-order valence-electron chi connectivity index (χ3n) is 3.93. The van der Waals surface area contributed by atoms with Crippen LogP contribution in [0.25, 0.3) is 0 Å². The summed E-state index contributed by atoms with van der Waals surface area (Å²) < 4.78 is 5.01. The molecule has 0 bridgehead atoms. The van der Waals surface area contributed by atoms with Crippen molar-refractivity contribution in [3.8, 4) is 5.75 Å². The van der Waals surface area contributed by atoms with Gasteiger partial charge in [0, 0.05) is 4.90 Å². The minimum atomic E-state index is -0.537. The number of rotatable bonds is 6. The van der Waals surface area contributed by atoms with Crippen molar-refractivity contribution in [2.24, 2.45) is 0 Å². The molecule has 0 radical (unpaired) electrons. The molecule has 0 aliphatic heterocycles. The molecule has 0 saturated heterocycles. The number of nitrogens with zero attached hydrogens (tertiary/aromatic N) is 1. The van der Waals surface area contributed by atoms with Crippen LogP contribution in [0.3, 0.4) is 0 Å². The van der Waals surface area contributed by atoms with Crippen LogP contribution in [0.1, 0.15) is 23.6 Å². The first-order valence-electron chi connectivity index (χ1n) is 8.10. The summed E-state index contributed by atoms with van der Waals surface area (Å²) in [5.41, 5.74) is 3.36. The number of benzene rings is 2. The smallest absolute Gasteiger partial charge is 0.296 e. The van der Waals surface area contributed by atoms with Gasteiger partial charge in [-0.1, -0.05) is 17.7 Å². The SMILES string of the molecule is COc1ccc(NC(=O)[C@H](C)Sc2c(C)cc(C)cc2C)c([N+](=O)[O-])c1. The Balaban J connectivity index is 2.19. The monoisotopic (exact) mass is 374 g/mol. The number of hydrogen-bond donors (Lipinski definition) is 1. The number of methoxy groups -OCH3 is 1. The minimum absolute atomic E-state index is 0.158. The number of carbonyl (C=O) groups is 1. The predicted molar refractivity (Wildman–Crippen MR) is 104 cm³/mol. The van der Waals surface area contributed by atoms with Crippen LogP contribution in [0.4, 0.5) is 11.4 Å². The molecule has 6 nitrogen and oxygen atoms in total. The van der Waals surface area contributed by atoms with E-state index in [0.717, 1.165) is 16.0 Å². The summed E-state index contributed by atoms with van der Waals surface area (Å²) >= 11 is 1.45. The lowest BCUT2D eigenvalue weighted by molar-refractivity contribution is -0.384. The summed E-state index contributed by atoms with van der Waals surface area (Å²) in [5.74, 6) is 0.0747. The Morgan fingerprint density at radius 2 is 1.81 bits per heavy atom. The maximum atomic E-state index is 12.5. The Labute approximate surface area is 157 Å². The predicted octanol–water partition coefficient (Wildman–Crippen LogP) is 4.65. The van der Waals surface area contributed by atoms with Crippen LogP contribution < -0.4 is 10.1 Å². The molecule has 1 N–H and O–H groups in total. The molecule has 0 aliphatic carbocycles. The molecule has 0 saturated carbocycles. The van der Waals surface area contributed by atoms with Gasteiger partial charge in [-0.15, -0.1) is 11.8 Å². The fourth-order valence-electron chi connectivity index (χ4n) is 2.71. The van der Waals surface area contributed by atoms with Crippen LogP contribution in [0.5, 0.6) is 5.75 Å². The molecule has 1 amide bonds. The summed E-state index contributed by atoms with van der Waals surface area (Å²) in [4.78, 5) is 24.3. The molecule has 0 unspecified atom stereocenters. The van der Waals surface area contributed by atoms with Crippen molar-refractivity contribution in [2.75, 3.05) is 12.4 Å². The van der Waals surface area contributed by atoms with Crippen molar-refractivity contribution in [1.82, 2.24) is 0 Å². The number of aryl methyl sites for hydroxylation is 3. The summed E-state index contributed by atoms with van der Waals surface area (Å²) in [6.07, 6.45) is 0. The topological polar surface area (TPSA) is 81.5 Å². The number of anilines is 1. The van der Waals surface area contributed by atoms with Gasteiger partial charge in [-0.3, -0.25) is 14.9 Å². The van der Waals surface area contributed by atoms with Crippen LogP contribution in [0.2, 0.25) is 0 Å². The van der Waals surface area contributed by atoms with E-state index in [1.807, 2.05) is 20.8 Å². The highest BCUT2D eigenvalue weighted by Gasteiger charge is 2.22. The van der Waals surface area contributed by atoms with Crippen molar-refractivity contribution in [2.45, 2.75) is 37.8 Å². The highest BCUT2D eigenvalue weighted by molar-refractivity contribution is 8.00. The fraction of sp³-hybridized carbons (Fsp3) is 0.316. The summed E-state index contributed by atoms with van der Waals surface area (Å²) in [6, 6.07) is 8.51. The van der Waals surface area contributed by atoms with Crippen LogP contribution >= 0.6 is 11.8 Å². The van der Waals surface area contributed by atoms with Gasteiger partial charge in [0.25, 0.3) is 5.69 Å². The van der Waals surface area contributed by atoms with Gasteiger partial charge in [-0.05, 0) is 51.0 Å². The van der Waals surface area contributed by atoms with E-state index in [4.69, 9.17) is 4.74 Å². The van der Waals surface area contributed by atoms with E-state index >= 15 is 0 Å². The highest BCUT2D eigenvalue weighted by Crippen LogP contribution is 2.33. The Hall–Kier alpha value is -2.54. The van der Waals surface area contributed by atoms with Crippen molar-refractivity contribution in [1.29, 1.82) is 0 Å². The number of nitrogens with one attached hydrogen (secondary N) is 1. The molecule has 1 atom stereocenters. The Bertz CT molecular complexity index is 828. The number of nitro groups is 1. The van der Waals surface area contributed by atoms with E-state index < -0.39 is 10.2 Å². The summed E-state index contributed by atoms with van der Waals surface area (Å²) in [6.45, 7) is 7.85. The second-order valence-electron chi connectivity index (χ2n) is 6.12. The minimum Gasteiger partial charge on any atom is -0.496 e. The standard InChI is InChI=1S/C19H22N2O4S/c1-11-8-12(2)18(13(3)9-11)26-14(4)19(22)20-16-7-6-15(25-5)10-17(16)21(23)24/h6-10,14H,1-5H3,(H,20,22)/t14-/m0/s1. The fourth-order valence-corrected chi connectivity index (χ4v) is 3.72. The van der Waals surface area contributed by atoms with E-state index in [0.29, 0.717) is 5.75 Å². The molecule has 7 heteroatoms. The molecule has 138 valence electrons. The Kier molecular flexibility index (Phi) is 6.26. The summed E-state index contributed by atoms with van der Waals surface area (Å²) in [5, 5.41) is 13.5. The zero-order valence-corrected chi connectivity index (χ0v) is 16.3. The van der Waals surface area contributed by atoms with Crippen molar-refractivity contribution in [3.05, 3.63) is 57.1 Å². The van der Waals surface area contributed by atoms with Gasteiger partial charge in [-0.25, -0.2) is 0 Å². The van der Waals surface area contributed by atoms with Crippen LogP contribution in [0, 0.1) is 30.9 Å². The van der Waals surface area contributed by atoms with Crippen LogP contribution in [-0.4, -0.2) is 23.2 Å². The quantitative estimate of drug-likeness (QED) is 0.452. The maximum Gasteiger partial charge on any atom is 0.296 e. The van der Waals surface area contributed by atoms with Crippen molar-refractivity contribution < 1.29 is 14.5 Å². The average Bonchev–Trinajstić information content (AvgIpc) is 2.57. The highest BCUT2D eigenvalue weighted by atomic mass is 32.2. The Morgan fingerprint density at radius 1 is 1.19 bits per heavy atom. The van der Waals surface area contributed by atoms with Gasteiger partial charge in [0.15, 0.2) is 0 Å². The zero-order valence-electron chi connectivity index (χ0n) is 15.5. The normalized spacial score (nSPS) is 11.7. The van der Waals surface area contributed by atoms with Crippen molar-refractivity contribution in [3.63, 3.8) is 0 Å². The number of carbonyl (C=O) groups excluding carboxylic acids is 1. The van der Waals surface area contributed by atoms with Gasteiger partial charge >= 0.3 is 0 Å². The van der Waals surface area contributed by atoms with Gasteiger partial charge in [-0.2, -0.15) is 0 Å². The number of thioether (sulfide) groups is 1. The van der Waals surface area contributed by atoms with E-state index in [-0.39, 0.29) is 17.3 Å². The molecule has 0 aromatic heterocycles. The molecular weight excluding hydrogens is 352 g/mol. The van der Waals surface area contributed by atoms with E-state index in [9.17, 15) is 14.9 Å². The second kappa shape index (κ2) is 8.23. The summed E-state index contributed by atoms with van der Waals surface area (Å²) in [7, 11) is 1.43. The number of hydrogen-bond acceptors (Lipinski definition) is 5. The lowest BCUT2D eigenvalue weighted by Gasteiger charge is -2.16. The molecule has 26 heavy (non-hydrogen) atoms. The first kappa shape index (κ1) is 19.8. The van der Waals surface area contributed by atoms with Crippen LogP contribution in [0.15, 0.2) is 35.2 Å². The molecule has 0 spiro atoms. The first-order chi connectivity index (χ1) is 12.2. The molecular formula is C19H22N2O4S. The molecule has 0 fully saturated rings. The Morgan fingerprint density at radius 3 is 2.35 bits per heavy atom. The molecule has 0 heterocycles. The van der Waals surface area contributed by atoms with E-state index in [1.165, 1.54) is 36.6 Å². The third kappa shape index (κ3) is 4.54. The molecule has 2 rings (SSSR count). The number of amides is 1. The maximum absolute atomic E-state index is 12.5. The molecule has 0 aliphatic rings. The number of ether oxygens (including phenoxy) is 1.